The Morgan fingerprint density at radius 1 is 1.09 bits per heavy atom. The molecule has 3 aromatic rings. The van der Waals surface area contributed by atoms with Crippen molar-refractivity contribution in [1.29, 1.82) is 0 Å². The number of para-hydroxylation sites is 1. The summed E-state index contributed by atoms with van der Waals surface area (Å²) in [5, 5.41) is 19.0. The van der Waals surface area contributed by atoms with E-state index < -0.39 is 30.9 Å². The summed E-state index contributed by atoms with van der Waals surface area (Å²) >= 11 is 0. The highest BCUT2D eigenvalue weighted by molar-refractivity contribution is 7.92. The number of hydrogen-bond donors (Lipinski definition) is 1. The minimum Gasteiger partial charge on any atom is -0.362 e. The molecule has 1 N–H and O–H groups in total. The lowest BCUT2D eigenvalue weighted by atomic mass is 10.1. The van der Waals surface area contributed by atoms with Gasteiger partial charge < -0.3 is 9.80 Å². The minimum atomic E-state index is -5.73. The number of halogens is 3. The summed E-state index contributed by atoms with van der Waals surface area (Å²) < 4.78 is 61.7. The first-order valence-electron chi connectivity index (χ1n) is 9.58. The first-order chi connectivity index (χ1) is 15.5. The molecular formula is C19H16F3N5O5S. The van der Waals surface area contributed by atoms with Crippen LogP contribution in [0, 0.1) is 10.1 Å². The fourth-order valence-corrected chi connectivity index (χ4v) is 4.43. The zero-order valence-electron chi connectivity index (χ0n) is 16.7. The number of benzene rings is 2. The number of aromatic amines is 1. The van der Waals surface area contributed by atoms with Crippen LogP contribution in [0.2, 0.25) is 0 Å². The number of alkyl halides is 3. The van der Waals surface area contributed by atoms with Crippen molar-refractivity contribution >= 4 is 38.0 Å². The Balaban J connectivity index is 1.55. The van der Waals surface area contributed by atoms with Gasteiger partial charge in [0.15, 0.2) is 5.69 Å². The van der Waals surface area contributed by atoms with Crippen molar-refractivity contribution < 1.29 is 31.3 Å². The van der Waals surface area contributed by atoms with E-state index in [9.17, 15) is 36.5 Å². The highest BCUT2D eigenvalue weighted by atomic mass is 32.2. The number of nitrogens with one attached hydrogen (secondary N) is 1. The van der Waals surface area contributed by atoms with Crippen LogP contribution in [0.5, 0.6) is 0 Å². The van der Waals surface area contributed by atoms with Gasteiger partial charge in [0.05, 0.1) is 15.3 Å². The Morgan fingerprint density at radius 3 is 2.39 bits per heavy atom. The summed E-state index contributed by atoms with van der Waals surface area (Å²) in [5.74, 6) is -0.326. The zero-order valence-corrected chi connectivity index (χ0v) is 17.6. The summed E-state index contributed by atoms with van der Waals surface area (Å²) in [6, 6.07) is 9.18. The average Bonchev–Trinajstić information content (AvgIpc) is 3.21. The van der Waals surface area contributed by atoms with E-state index in [2.05, 4.69) is 10.2 Å². The molecule has 1 amide bonds. The highest BCUT2D eigenvalue weighted by Gasteiger charge is 2.47. The summed E-state index contributed by atoms with van der Waals surface area (Å²) in [7, 11) is -5.73. The number of hydrogen-bond acceptors (Lipinski definition) is 7. The van der Waals surface area contributed by atoms with Gasteiger partial charge in [0.1, 0.15) is 5.69 Å². The normalized spacial score (nSPS) is 15.1. The Morgan fingerprint density at radius 2 is 1.76 bits per heavy atom. The van der Waals surface area contributed by atoms with Crippen LogP contribution >= 0.6 is 0 Å². The number of H-pyrrole nitrogens is 1. The molecule has 2 aromatic carbocycles. The maximum absolute atomic E-state index is 12.9. The number of carbonyl (C=O) groups is 1. The van der Waals surface area contributed by atoms with Gasteiger partial charge in [0, 0.05) is 37.6 Å². The molecule has 10 nitrogen and oxygen atoms in total. The SMILES string of the molecule is O=C(c1n[nH]c2ccccc12)N1CCN(c2ccc(S(=O)(=O)C(F)(F)F)cc2[N+](=O)[O-])CC1. The second kappa shape index (κ2) is 8.03. The summed E-state index contributed by atoms with van der Waals surface area (Å²) in [5.41, 5.74) is -5.43. The van der Waals surface area contributed by atoms with Crippen LogP contribution in [0.25, 0.3) is 10.9 Å². The predicted molar refractivity (Wildman–Crippen MR) is 111 cm³/mol. The van der Waals surface area contributed by atoms with Gasteiger partial charge in [-0.3, -0.25) is 20.0 Å². The zero-order chi connectivity index (χ0) is 24.0. The molecular weight excluding hydrogens is 467 g/mol. The van der Waals surface area contributed by atoms with E-state index in [-0.39, 0.29) is 43.5 Å². The van der Waals surface area contributed by atoms with Crippen molar-refractivity contribution in [3.63, 3.8) is 0 Å². The number of fused-ring (bicyclic) bond motifs is 1. The lowest BCUT2D eigenvalue weighted by molar-refractivity contribution is -0.384. The van der Waals surface area contributed by atoms with Crippen molar-refractivity contribution in [2.45, 2.75) is 10.4 Å². The average molecular weight is 483 g/mol. The molecule has 0 spiro atoms. The molecule has 2 heterocycles. The fourth-order valence-electron chi connectivity index (χ4n) is 3.64. The predicted octanol–water partition coefficient (Wildman–Crippen LogP) is 2.73. The van der Waals surface area contributed by atoms with Crippen LogP contribution in [0.4, 0.5) is 24.5 Å². The van der Waals surface area contributed by atoms with E-state index in [4.69, 9.17) is 0 Å². The van der Waals surface area contributed by atoms with Crippen LogP contribution in [0.3, 0.4) is 0 Å². The Hall–Kier alpha value is -3.68. The first kappa shape index (κ1) is 22.5. The molecule has 0 radical (unpaired) electrons. The van der Waals surface area contributed by atoms with Crippen LogP contribution in [0.15, 0.2) is 47.4 Å². The number of anilines is 1. The molecule has 1 fully saturated rings. The van der Waals surface area contributed by atoms with Gasteiger partial charge >= 0.3 is 5.51 Å². The Kier molecular flexibility index (Phi) is 5.47. The topological polar surface area (TPSA) is 130 Å². The number of aromatic nitrogens is 2. The second-order valence-corrected chi connectivity index (χ2v) is 9.20. The number of piperazine rings is 1. The third-order valence-electron chi connectivity index (χ3n) is 5.34. The molecule has 4 rings (SSSR count). The van der Waals surface area contributed by atoms with Gasteiger partial charge in [0.2, 0.25) is 0 Å². The summed E-state index contributed by atoms with van der Waals surface area (Å²) in [6.45, 7) is 0.667. The van der Waals surface area contributed by atoms with Crippen molar-refractivity contribution in [1.82, 2.24) is 15.1 Å². The molecule has 174 valence electrons. The van der Waals surface area contributed by atoms with Gasteiger partial charge in [-0.15, -0.1) is 0 Å². The molecule has 1 aliphatic heterocycles. The lowest BCUT2D eigenvalue weighted by Crippen LogP contribution is -2.49. The number of nitro benzene ring substituents is 1. The van der Waals surface area contributed by atoms with Crippen molar-refractivity contribution in [2.24, 2.45) is 0 Å². The molecule has 0 aliphatic carbocycles. The highest BCUT2D eigenvalue weighted by Crippen LogP contribution is 2.36. The van der Waals surface area contributed by atoms with E-state index in [1.54, 1.807) is 24.3 Å². The number of carbonyl (C=O) groups excluding carboxylic acids is 1. The van der Waals surface area contributed by atoms with E-state index in [1.165, 1.54) is 9.80 Å². The van der Waals surface area contributed by atoms with Gasteiger partial charge in [-0.1, -0.05) is 18.2 Å². The Bertz CT molecular complexity index is 1350. The Labute approximate surface area is 184 Å². The van der Waals surface area contributed by atoms with Crippen LogP contribution < -0.4 is 4.90 Å². The molecule has 1 aromatic heterocycles. The quantitative estimate of drug-likeness (QED) is 0.446. The molecule has 0 unspecified atom stereocenters. The smallest absolute Gasteiger partial charge is 0.362 e. The molecule has 33 heavy (non-hydrogen) atoms. The van der Waals surface area contributed by atoms with E-state index in [0.29, 0.717) is 23.0 Å². The fraction of sp³-hybridized carbons (Fsp3) is 0.263. The number of amides is 1. The third-order valence-corrected chi connectivity index (χ3v) is 6.82. The van der Waals surface area contributed by atoms with E-state index in [0.717, 1.165) is 6.07 Å². The summed E-state index contributed by atoms with van der Waals surface area (Å²) in [4.78, 5) is 25.3. The van der Waals surface area contributed by atoms with Crippen LogP contribution in [-0.2, 0) is 9.84 Å². The van der Waals surface area contributed by atoms with Crippen LogP contribution in [0.1, 0.15) is 10.5 Å². The molecule has 14 heteroatoms. The monoisotopic (exact) mass is 483 g/mol. The van der Waals surface area contributed by atoms with Gasteiger partial charge in [0.25, 0.3) is 21.4 Å². The van der Waals surface area contributed by atoms with Gasteiger partial charge in [-0.2, -0.15) is 18.3 Å². The molecule has 0 atom stereocenters. The van der Waals surface area contributed by atoms with Crippen molar-refractivity contribution in [2.75, 3.05) is 31.1 Å². The van der Waals surface area contributed by atoms with Gasteiger partial charge in [-0.05, 0) is 18.2 Å². The maximum atomic E-state index is 12.9. The first-order valence-corrected chi connectivity index (χ1v) is 11.1. The number of rotatable bonds is 4. The molecule has 0 saturated carbocycles. The number of nitrogens with zero attached hydrogens (tertiary/aromatic N) is 4. The van der Waals surface area contributed by atoms with Crippen LogP contribution in [-0.4, -0.2) is 66.0 Å². The largest absolute Gasteiger partial charge is 0.501 e. The molecule has 1 aliphatic rings. The number of sulfone groups is 1. The van der Waals surface area contributed by atoms with Gasteiger partial charge in [-0.25, -0.2) is 8.42 Å². The molecule has 0 bridgehead atoms. The van der Waals surface area contributed by atoms with Crippen molar-refractivity contribution in [3.8, 4) is 0 Å². The lowest BCUT2D eigenvalue weighted by Gasteiger charge is -2.35. The number of nitro groups is 1. The van der Waals surface area contributed by atoms with E-state index >= 15 is 0 Å². The summed E-state index contributed by atoms with van der Waals surface area (Å²) in [6.07, 6.45) is 0. The second-order valence-electron chi connectivity index (χ2n) is 7.25. The third kappa shape index (κ3) is 3.97. The van der Waals surface area contributed by atoms with E-state index in [1.807, 2.05) is 0 Å². The minimum absolute atomic E-state index is 0.0292. The standard InChI is InChI=1S/C19H16F3N5O5S/c20-19(21,22)33(31,32)12-5-6-15(16(11-12)27(29)30)25-7-9-26(10-8-25)18(28)17-13-3-1-2-4-14(13)23-24-17/h1-6,11H,7-10H2,(H,23,24). The molecule has 1 saturated heterocycles. The van der Waals surface area contributed by atoms with Crippen molar-refractivity contribution in [3.05, 3.63) is 58.3 Å². The maximum Gasteiger partial charge on any atom is 0.501 e.